The van der Waals surface area contributed by atoms with Crippen LogP contribution in [0.1, 0.15) is 10.4 Å². The van der Waals surface area contributed by atoms with Gasteiger partial charge in [-0.3, -0.25) is 0 Å². The molecular weight excluding hydrogens is 191 g/mol. The van der Waals surface area contributed by atoms with E-state index in [4.69, 9.17) is 0 Å². The largest absolute Gasteiger partial charge is 0.540 e. The van der Waals surface area contributed by atoms with Gasteiger partial charge in [-0.25, -0.2) is 13.2 Å². The van der Waals surface area contributed by atoms with Crippen molar-refractivity contribution in [3.63, 3.8) is 0 Å². The number of carbonyl (C=O) groups is 1. The zero-order valence-electron chi connectivity index (χ0n) is 6.89. The first-order valence-corrected chi connectivity index (χ1v) is 4.65. The molecule has 0 aliphatic carbocycles. The van der Waals surface area contributed by atoms with Gasteiger partial charge in [-0.05, 0) is 18.2 Å². The number of benzene rings is 1. The highest BCUT2D eigenvalue weighted by Gasteiger charge is 2.05. The maximum absolute atomic E-state index is 11.0. The number of carbonyl (C=O) groups excluding carboxylic acids is 1. The molecule has 0 fully saturated rings. The van der Waals surface area contributed by atoms with Gasteiger partial charge in [0.1, 0.15) is 0 Å². The van der Waals surface area contributed by atoms with Crippen molar-refractivity contribution in [3.05, 3.63) is 29.8 Å². The van der Waals surface area contributed by atoms with Crippen LogP contribution in [0.2, 0.25) is 0 Å². The van der Waals surface area contributed by atoms with Gasteiger partial charge in [0.2, 0.25) is 0 Å². The van der Waals surface area contributed by atoms with Crippen LogP contribution in [-0.2, 0) is 15.4 Å². The van der Waals surface area contributed by atoms with Gasteiger partial charge in [0.25, 0.3) is 0 Å². The van der Waals surface area contributed by atoms with Crippen LogP contribution in [0.5, 0.6) is 0 Å². The molecule has 4 nitrogen and oxygen atoms in total. The summed E-state index contributed by atoms with van der Waals surface area (Å²) in [7, 11) is -1.41. The fourth-order valence-corrected chi connectivity index (χ4v) is 1.32. The zero-order chi connectivity index (χ0) is 9.84. The minimum Gasteiger partial charge on any atom is -0.540 e. The van der Waals surface area contributed by atoms with Crippen molar-refractivity contribution in [2.75, 3.05) is 0 Å². The molecule has 0 aliphatic rings. The summed E-state index contributed by atoms with van der Waals surface area (Å²) in [5, 5.41) is 0. The van der Waals surface area contributed by atoms with E-state index < -0.39 is 16.7 Å². The molecule has 13 heavy (non-hydrogen) atoms. The van der Waals surface area contributed by atoms with E-state index in [1.54, 1.807) is 0 Å². The number of hydrogen-bond donors (Lipinski definition) is 1. The first kappa shape index (κ1) is 9.79. The first-order chi connectivity index (χ1) is 6.15. The lowest BCUT2D eigenvalue weighted by Crippen LogP contribution is -2.02. The van der Waals surface area contributed by atoms with Gasteiger partial charge >= 0.3 is 14.0 Å². The third-order valence-corrected chi connectivity index (χ3v) is 2.18. The third-order valence-electron chi connectivity index (χ3n) is 1.48. The Balaban J connectivity index is 3.12. The molecule has 1 aromatic carbocycles. The van der Waals surface area contributed by atoms with E-state index in [-0.39, 0.29) is 10.5 Å². The van der Waals surface area contributed by atoms with E-state index >= 15 is 0 Å². The van der Waals surface area contributed by atoms with E-state index in [0.717, 1.165) is 0 Å². The fraction of sp³-hybridized carbons (Fsp3) is 0. The molecule has 0 radical (unpaired) electrons. The molecule has 0 heterocycles. The van der Waals surface area contributed by atoms with Gasteiger partial charge in [0.05, 0.1) is 10.5 Å². The molecule has 0 saturated heterocycles. The predicted molar refractivity (Wildman–Crippen MR) is 49.0 cm³/mol. The van der Waals surface area contributed by atoms with Crippen molar-refractivity contribution < 1.29 is 17.9 Å². The van der Waals surface area contributed by atoms with Gasteiger partial charge in [0, 0.05) is 0 Å². The predicted octanol–water partition coefficient (Wildman–Crippen LogP) is -0.638. The summed E-state index contributed by atoms with van der Waals surface area (Å²) in [6.07, 6.45) is 0. The number of rotatable bonds is 2. The van der Waals surface area contributed by atoms with Gasteiger partial charge < -0.3 is 4.65 Å². The van der Waals surface area contributed by atoms with Crippen molar-refractivity contribution in [1.29, 1.82) is 0 Å². The van der Waals surface area contributed by atoms with Crippen LogP contribution in [-0.4, -0.2) is 22.4 Å². The Bertz CT molecular complexity index is 391. The van der Waals surface area contributed by atoms with Crippen molar-refractivity contribution in [2.45, 2.75) is 4.90 Å². The highest BCUT2D eigenvalue weighted by atomic mass is 32.2. The molecule has 0 spiro atoms. The number of thiol groups is 1. The Labute approximate surface area is 77.9 Å². The van der Waals surface area contributed by atoms with Crippen LogP contribution in [0.15, 0.2) is 29.2 Å². The Hall–Kier alpha value is -1.30. The van der Waals surface area contributed by atoms with E-state index in [1.807, 2.05) is 0 Å². The fourth-order valence-electron chi connectivity index (χ4n) is 0.864. The monoisotopic (exact) mass is 198 g/mol. The molecule has 0 saturated carbocycles. The summed E-state index contributed by atoms with van der Waals surface area (Å²) in [5.41, 5.74) is 0.235. The molecule has 0 amide bonds. The van der Waals surface area contributed by atoms with Crippen molar-refractivity contribution in [1.82, 2.24) is 0 Å². The van der Waals surface area contributed by atoms with Crippen LogP contribution < -0.4 is 0 Å². The quantitative estimate of drug-likeness (QED) is 0.507. The maximum Gasteiger partial charge on any atom is 0.326 e. The van der Waals surface area contributed by atoms with E-state index in [0.29, 0.717) is 0 Å². The SMILES string of the molecule is BOC(=O)c1cccc([SH](=O)=O)c1. The van der Waals surface area contributed by atoms with Gasteiger partial charge in [0.15, 0.2) is 10.7 Å². The van der Waals surface area contributed by atoms with Gasteiger partial charge in [-0.2, -0.15) is 0 Å². The molecule has 1 aromatic rings. The minimum absolute atomic E-state index is 0.109. The van der Waals surface area contributed by atoms with Crippen molar-refractivity contribution in [2.24, 2.45) is 0 Å². The molecule has 0 N–H and O–H groups in total. The summed E-state index contributed by atoms with van der Waals surface area (Å²) in [6, 6.07) is 5.68. The Morgan fingerprint density at radius 3 is 2.62 bits per heavy atom. The van der Waals surface area contributed by atoms with Crippen LogP contribution in [0.4, 0.5) is 0 Å². The van der Waals surface area contributed by atoms with Gasteiger partial charge in [-0.15, -0.1) is 0 Å². The molecule has 0 unspecified atom stereocenters. The number of hydrogen-bond acceptors (Lipinski definition) is 4. The second-order valence-electron chi connectivity index (χ2n) is 2.30. The third kappa shape index (κ3) is 2.32. The summed E-state index contributed by atoms with van der Waals surface area (Å²) in [4.78, 5) is 11.1. The molecule has 0 aliphatic heterocycles. The first-order valence-electron chi connectivity index (χ1n) is 3.48. The molecule has 0 aromatic heterocycles. The highest BCUT2D eigenvalue weighted by Crippen LogP contribution is 2.07. The Kier molecular flexibility index (Phi) is 3.08. The molecule has 68 valence electrons. The molecule has 0 atom stereocenters. The van der Waals surface area contributed by atoms with Crippen molar-refractivity contribution in [3.8, 4) is 0 Å². The van der Waals surface area contributed by atoms with E-state index in [2.05, 4.69) is 4.65 Å². The van der Waals surface area contributed by atoms with E-state index in [1.165, 1.54) is 32.3 Å². The second-order valence-corrected chi connectivity index (χ2v) is 3.33. The summed E-state index contributed by atoms with van der Waals surface area (Å²) in [6.45, 7) is 0. The average molecular weight is 198 g/mol. The average Bonchev–Trinajstić information content (AvgIpc) is 2.17. The highest BCUT2D eigenvalue weighted by molar-refractivity contribution is 7.72. The lowest BCUT2D eigenvalue weighted by Gasteiger charge is -1.99. The second kappa shape index (κ2) is 4.09. The van der Waals surface area contributed by atoms with Crippen LogP contribution in [0.3, 0.4) is 0 Å². The molecule has 0 bridgehead atoms. The zero-order valence-corrected chi connectivity index (χ0v) is 7.78. The minimum atomic E-state index is -2.65. The standard InChI is InChI=1S/C7H7BO4S/c8-12-7(9)5-2-1-3-6(4-5)13(10)11/h1-4,13H,8H2. The van der Waals surface area contributed by atoms with E-state index in [9.17, 15) is 13.2 Å². The van der Waals surface area contributed by atoms with Crippen LogP contribution >= 0.6 is 0 Å². The normalized spacial score (nSPS) is 9.92. The summed E-state index contributed by atoms with van der Waals surface area (Å²) in [5.74, 6) is -0.543. The lowest BCUT2D eigenvalue weighted by molar-refractivity contribution is 0.0749. The smallest absolute Gasteiger partial charge is 0.326 e. The topological polar surface area (TPSA) is 60.4 Å². The molecular formula is C7H7BO4S. The molecule has 1 rings (SSSR count). The van der Waals surface area contributed by atoms with Crippen LogP contribution in [0, 0.1) is 0 Å². The van der Waals surface area contributed by atoms with Crippen LogP contribution in [0.25, 0.3) is 0 Å². The Morgan fingerprint density at radius 1 is 1.38 bits per heavy atom. The van der Waals surface area contributed by atoms with Crippen molar-refractivity contribution >= 4 is 24.7 Å². The summed E-state index contributed by atoms with van der Waals surface area (Å²) >= 11 is 0. The summed E-state index contributed by atoms with van der Waals surface area (Å²) < 4.78 is 25.5. The van der Waals surface area contributed by atoms with Gasteiger partial charge in [-0.1, -0.05) is 6.07 Å². The Morgan fingerprint density at radius 2 is 2.08 bits per heavy atom. The maximum atomic E-state index is 11.0. The molecule has 6 heteroatoms. The lowest BCUT2D eigenvalue weighted by atomic mass is 10.2.